The van der Waals surface area contributed by atoms with Crippen LogP contribution in [0, 0.1) is 0 Å². The third kappa shape index (κ3) is 2.85. The second kappa shape index (κ2) is 5.26. The molecule has 0 radical (unpaired) electrons. The quantitative estimate of drug-likeness (QED) is 0.935. The monoisotopic (exact) mass is 288 g/mol. The average Bonchev–Trinajstić information content (AvgIpc) is 3.10. The molecule has 0 aromatic carbocycles. The molecule has 6 heteroatoms. The maximum atomic E-state index is 4.43. The third-order valence-corrected chi connectivity index (χ3v) is 3.96. The fourth-order valence-corrected chi connectivity index (χ4v) is 2.67. The van der Waals surface area contributed by atoms with E-state index in [1.807, 2.05) is 10.9 Å². The highest BCUT2D eigenvalue weighted by Crippen LogP contribution is 2.19. The minimum Gasteiger partial charge on any atom is -0.314 e. The third-order valence-electron chi connectivity index (χ3n) is 3.96. The van der Waals surface area contributed by atoms with E-state index in [0.717, 1.165) is 31.2 Å². The molecule has 3 heterocycles. The van der Waals surface area contributed by atoms with Gasteiger partial charge in [0.25, 0.3) is 0 Å². The molecule has 1 aliphatic rings. The zero-order chi connectivity index (χ0) is 15.0. The number of hydrogen-bond acceptors (Lipinski definition) is 4. The lowest BCUT2D eigenvalue weighted by molar-refractivity contribution is 0.355. The van der Waals surface area contributed by atoms with Gasteiger partial charge in [-0.25, -0.2) is 0 Å². The van der Waals surface area contributed by atoms with E-state index >= 15 is 0 Å². The molecule has 0 amide bonds. The van der Waals surface area contributed by atoms with Crippen LogP contribution in [0.4, 0.5) is 0 Å². The summed E-state index contributed by atoms with van der Waals surface area (Å²) in [5.74, 6) is 2.17. The summed E-state index contributed by atoms with van der Waals surface area (Å²) in [5.41, 5.74) is 1.22. The molecule has 0 bridgehead atoms. The zero-order valence-corrected chi connectivity index (χ0v) is 13.3. The first-order valence-electron chi connectivity index (χ1n) is 7.64. The number of nitrogens with zero attached hydrogens (tertiary/aromatic N) is 5. The van der Waals surface area contributed by atoms with Gasteiger partial charge in [-0.1, -0.05) is 0 Å². The summed E-state index contributed by atoms with van der Waals surface area (Å²) < 4.78 is 4.25. The summed E-state index contributed by atoms with van der Waals surface area (Å²) in [6.07, 6.45) is 6.27. The fraction of sp³-hybridized carbons (Fsp3) is 0.667. The minimum absolute atomic E-state index is 0.0255. The first-order chi connectivity index (χ1) is 9.95. The van der Waals surface area contributed by atoms with Gasteiger partial charge in [-0.05, 0) is 34.1 Å². The second-order valence-corrected chi connectivity index (χ2v) is 6.80. The largest absolute Gasteiger partial charge is 0.314 e. The fourth-order valence-electron chi connectivity index (χ4n) is 2.67. The smallest absolute Gasteiger partial charge is 0.149 e. The van der Waals surface area contributed by atoms with E-state index in [1.165, 1.54) is 12.0 Å². The molecule has 1 aliphatic heterocycles. The maximum Gasteiger partial charge on any atom is 0.149 e. The second-order valence-electron chi connectivity index (χ2n) is 6.80. The van der Waals surface area contributed by atoms with Gasteiger partial charge in [0.15, 0.2) is 0 Å². The number of aromatic nitrogens is 5. The molecule has 2 aromatic rings. The maximum absolute atomic E-state index is 4.43. The highest BCUT2D eigenvalue weighted by atomic mass is 15.3. The summed E-state index contributed by atoms with van der Waals surface area (Å²) in [4.78, 5) is 0. The lowest BCUT2D eigenvalue weighted by Gasteiger charge is -2.18. The Hall–Kier alpha value is -1.69. The van der Waals surface area contributed by atoms with Crippen LogP contribution in [0.25, 0.3) is 0 Å². The van der Waals surface area contributed by atoms with Crippen molar-refractivity contribution in [3.05, 3.63) is 29.6 Å². The van der Waals surface area contributed by atoms with Crippen molar-refractivity contribution in [3.8, 4) is 0 Å². The topological polar surface area (TPSA) is 60.6 Å². The Balaban J connectivity index is 1.63. The molecule has 6 nitrogen and oxygen atoms in total. The number of fused-ring (bicyclic) bond motifs is 1. The van der Waals surface area contributed by atoms with Gasteiger partial charge in [-0.3, -0.25) is 4.68 Å². The van der Waals surface area contributed by atoms with Gasteiger partial charge in [0.05, 0.1) is 17.8 Å². The molecule has 1 unspecified atom stereocenters. The van der Waals surface area contributed by atoms with Crippen molar-refractivity contribution in [2.45, 2.75) is 65.2 Å². The van der Waals surface area contributed by atoms with Crippen molar-refractivity contribution in [1.82, 2.24) is 29.9 Å². The van der Waals surface area contributed by atoms with E-state index in [4.69, 9.17) is 0 Å². The summed E-state index contributed by atoms with van der Waals surface area (Å²) in [6, 6.07) is 0.197. The van der Waals surface area contributed by atoms with Crippen LogP contribution in [-0.2, 0) is 25.0 Å². The predicted molar refractivity (Wildman–Crippen MR) is 80.8 cm³/mol. The highest BCUT2D eigenvalue weighted by molar-refractivity contribution is 5.08. The molecule has 3 rings (SSSR count). The van der Waals surface area contributed by atoms with Crippen molar-refractivity contribution in [2.75, 3.05) is 0 Å². The molecule has 2 aromatic heterocycles. The molecule has 0 saturated carbocycles. The molecule has 0 aliphatic carbocycles. The minimum atomic E-state index is 0.0255. The number of hydrogen-bond donors (Lipinski definition) is 1. The van der Waals surface area contributed by atoms with Crippen LogP contribution in [0.2, 0.25) is 0 Å². The van der Waals surface area contributed by atoms with Crippen molar-refractivity contribution in [1.29, 1.82) is 0 Å². The molecule has 1 atom stereocenters. The summed E-state index contributed by atoms with van der Waals surface area (Å²) in [6.45, 7) is 10.4. The Morgan fingerprint density at radius 1 is 1.33 bits per heavy atom. The van der Waals surface area contributed by atoms with Crippen LogP contribution in [0.1, 0.15) is 57.4 Å². The highest BCUT2D eigenvalue weighted by Gasteiger charge is 2.21. The van der Waals surface area contributed by atoms with Crippen molar-refractivity contribution in [2.24, 2.45) is 0 Å². The lowest BCUT2D eigenvalue weighted by atomic mass is 10.1. The summed E-state index contributed by atoms with van der Waals surface area (Å²) >= 11 is 0. The Bertz CT molecular complexity index is 618. The molecular weight excluding hydrogens is 264 g/mol. The van der Waals surface area contributed by atoms with Gasteiger partial charge < -0.3 is 9.88 Å². The molecule has 0 spiro atoms. The molecule has 114 valence electrons. The van der Waals surface area contributed by atoms with E-state index in [1.54, 1.807) is 0 Å². The number of nitrogens with one attached hydrogen (secondary N) is 1. The first kappa shape index (κ1) is 14.3. The van der Waals surface area contributed by atoms with Gasteiger partial charge in [0.2, 0.25) is 0 Å². The van der Waals surface area contributed by atoms with Crippen LogP contribution in [0.15, 0.2) is 12.4 Å². The van der Waals surface area contributed by atoms with Gasteiger partial charge in [-0.15, -0.1) is 10.2 Å². The lowest BCUT2D eigenvalue weighted by Crippen LogP contribution is -2.23. The Labute approximate surface area is 125 Å². The van der Waals surface area contributed by atoms with Crippen LogP contribution < -0.4 is 5.32 Å². The van der Waals surface area contributed by atoms with Crippen LogP contribution >= 0.6 is 0 Å². The number of aryl methyl sites for hydroxylation is 1. The van der Waals surface area contributed by atoms with E-state index in [2.05, 4.69) is 59.1 Å². The van der Waals surface area contributed by atoms with E-state index in [-0.39, 0.29) is 11.6 Å². The molecular formula is C15H24N6. The molecule has 21 heavy (non-hydrogen) atoms. The van der Waals surface area contributed by atoms with Gasteiger partial charge in [0.1, 0.15) is 11.6 Å². The zero-order valence-electron chi connectivity index (χ0n) is 13.3. The first-order valence-corrected chi connectivity index (χ1v) is 7.64. The van der Waals surface area contributed by atoms with Crippen molar-refractivity contribution >= 4 is 0 Å². The molecule has 0 fully saturated rings. The van der Waals surface area contributed by atoms with Crippen LogP contribution in [0.5, 0.6) is 0 Å². The van der Waals surface area contributed by atoms with Crippen LogP contribution in [-0.4, -0.2) is 24.5 Å². The van der Waals surface area contributed by atoms with Crippen molar-refractivity contribution in [3.63, 3.8) is 0 Å². The van der Waals surface area contributed by atoms with Gasteiger partial charge in [-0.2, -0.15) is 5.10 Å². The van der Waals surface area contributed by atoms with E-state index in [0.29, 0.717) is 0 Å². The Morgan fingerprint density at radius 2 is 2.14 bits per heavy atom. The molecule has 0 saturated heterocycles. The Morgan fingerprint density at radius 3 is 2.86 bits per heavy atom. The van der Waals surface area contributed by atoms with Gasteiger partial charge >= 0.3 is 0 Å². The summed E-state index contributed by atoms with van der Waals surface area (Å²) in [5, 5.41) is 16.5. The predicted octanol–water partition coefficient (Wildman–Crippen LogP) is 2.03. The average molecular weight is 288 g/mol. The summed E-state index contributed by atoms with van der Waals surface area (Å²) in [7, 11) is 0. The standard InChI is InChI=1S/C15H24N6/c1-11(14-19-18-13-6-5-7-20(13)14)16-8-12-9-17-21(10-12)15(2,3)4/h9-11,16H,5-8H2,1-4H3. The van der Waals surface area contributed by atoms with E-state index < -0.39 is 0 Å². The Kier molecular flexibility index (Phi) is 3.57. The molecule has 1 N–H and O–H groups in total. The normalized spacial score (nSPS) is 16.2. The van der Waals surface area contributed by atoms with Gasteiger partial charge in [0, 0.05) is 31.3 Å². The van der Waals surface area contributed by atoms with E-state index in [9.17, 15) is 0 Å². The van der Waals surface area contributed by atoms with Crippen molar-refractivity contribution < 1.29 is 0 Å². The number of rotatable bonds is 4. The van der Waals surface area contributed by atoms with Crippen LogP contribution in [0.3, 0.4) is 0 Å². The SMILES string of the molecule is CC(NCc1cnn(C(C)(C)C)c1)c1nnc2n1CCC2.